The Morgan fingerprint density at radius 3 is 2.50 bits per heavy atom. The van der Waals surface area contributed by atoms with E-state index >= 15 is 0 Å². The molecule has 4 aromatic carbocycles. The molecule has 0 bridgehead atoms. The number of aromatic nitrogens is 1. The Kier molecular flexibility index (Phi) is 4.22. The van der Waals surface area contributed by atoms with Crippen molar-refractivity contribution in [1.29, 1.82) is 0 Å². The maximum atomic E-state index is 13.3. The highest BCUT2D eigenvalue weighted by Gasteiger charge is 2.39. The molecule has 1 atom stereocenters. The second kappa shape index (κ2) is 7.24. The highest BCUT2D eigenvalue weighted by atomic mass is 16.2. The molecule has 32 heavy (non-hydrogen) atoms. The number of H-pyrrole nitrogens is 1. The first kappa shape index (κ1) is 18.6. The summed E-state index contributed by atoms with van der Waals surface area (Å²) in [5.41, 5.74) is 6.20. The summed E-state index contributed by atoms with van der Waals surface area (Å²) in [4.78, 5) is 18.9. The van der Waals surface area contributed by atoms with Gasteiger partial charge in [0.1, 0.15) is 0 Å². The molecule has 154 valence electrons. The molecule has 2 heterocycles. The number of fused-ring (bicyclic) bond motifs is 3. The van der Waals surface area contributed by atoms with Gasteiger partial charge in [-0.25, -0.2) is 0 Å². The Bertz CT molecular complexity index is 1510. The Morgan fingerprint density at radius 1 is 0.875 bits per heavy atom. The van der Waals surface area contributed by atoms with Crippen LogP contribution >= 0.6 is 0 Å². The molecule has 1 aliphatic rings. The Hall–Kier alpha value is -4.11. The smallest absolute Gasteiger partial charge is 0.255 e. The molecule has 1 aromatic heterocycles. The summed E-state index contributed by atoms with van der Waals surface area (Å²) in [5.74, 6) is 0.0558. The first-order valence-corrected chi connectivity index (χ1v) is 10.9. The standard InChI is InChI=1S/C29H22N2O/c1-2-17-31-28(22-11-5-6-12-23(22)29(31)32)26-24-13-7-8-14-25(24)30-27(26)21-16-15-19-9-3-4-10-20(19)18-21/h2-16,18,28,30H,1,17H2. The van der Waals surface area contributed by atoms with Crippen LogP contribution in [-0.2, 0) is 0 Å². The van der Waals surface area contributed by atoms with E-state index in [1.807, 2.05) is 29.2 Å². The van der Waals surface area contributed by atoms with Crippen LogP contribution < -0.4 is 0 Å². The summed E-state index contributed by atoms with van der Waals surface area (Å²) in [6.07, 6.45) is 1.81. The fourth-order valence-electron chi connectivity index (χ4n) is 5.03. The minimum Gasteiger partial charge on any atom is -0.354 e. The number of aromatic amines is 1. The van der Waals surface area contributed by atoms with Crippen molar-refractivity contribution in [2.75, 3.05) is 6.54 Å². The normalized spacial score (nSPS) is 15.4. The Labute approximate surface area is 186 Å². The average molecular weight is 415 g/mol. The molecular weight excluding hydrogens is 392 g/mol. The predicted octanol–water partition coefficient (Wildman–Crippen LogP) is 6.72. The van der Waals surface area contributed by atoms with Crippen molar-refractivity contribution in [3.63, 3.8) is 0 Å². The number of nitrogens with zero attached hydrogens (tertiary/aromatic N) is 1. The highest BCUT2D eigenvalue weighted by molar-refractivity contribution is 6.02. The largest absolute Gasteiger partial charge is 0.354 e. The molecule has 0 spiro atoms. The van der Waals surface area contributed by atoms with E-state index < -0.39 is 0 Å². The first-order valence-electron chi connectivity index (χ1n) is 10.9. The van der Waals surface area contributed by atoms with Crippen molar-refractivity contribution in [2.45, 2.75) is 6.04 Å². The number of rotatable bonds is 4. The van der Waals surface area contributed by atoms with Crippen LogP contribution in [0.1, 0.15) is 27.5 Å². The number of hydrogen-bond donors (Lipinski definition) is 1. The van der Waals surface area contributed by atoms with E-state index in [0.717, 1.165) is 38.9 Å². The summed E-state index contributed by atoms with van der Waals surface area (Å²) in [7, 11) is 0. The van der Waals surface area contributed by atoms with Crippen molar-refractivity contribution < 1.29 is 4.79 Å². The Balaban J connectivity index is 1.65. The highest BCUT2D eigenvalue weighted by Crippen LogP contribution is 2.45. The van der Waals surface area contributed by atoms with Gasteiger partial charge in [0.15, 0.2) is 0 Å². The summed E-state index contributed by atoms with van der Waals surface area (Å²) >= 11 is 0. The minimum atomic E-state index is -0.172. The molecule has 0 radical (unpaired) electrons. The third-order valence-corrected chi connectivity index (χ3v) is 6.44. The third kappa shape index (κ3) is 2.71. The quantitative estimate of drug-likeness (QED) is 0.326. The van der Waals surface area contributed by atoms with Gasteiger partial charge < -0.3 is 9.88 Å². The topological polar surface area (TPSA) is 36.1 Å². The fourth-order valence-corrected chi connectivity index (χ4v) is 5.03. The van der Waals surface area contributed by atoms with Crippen molar-refractivity contribution >= 4 is 27.6 Å². The molecule has 1 N–H and O–H groups in total. The lowest BCUT2D eigenvalue weighted by atomic mass is 9.92. The van der Waals surface area contributed by atoms with Gasteiger partial charge in [0.05, 0.1) is 11.7 Å². The molecule has 0 saturated heterocycles. The number of nitrogens with one attached hydrogen (secondary N) is 1. The lowest BCUT2D eigenvalue weighted by molar-refractivity contribution is 0.0771. The lowest BCUT2D eigenvalue weighted by Gasteiger charge is -2.25. The molecule has 3 heteroatoms. The number of amides is 1. The second-order valence-corrected chi connectivity index (χ2v) is 8.26. The summed E-state index contributed by atoms with van der Waals surface area (Å²) in [6.45, 7) is 4.41. The fraction of sp³-hybridized carbons (Fsp3) is 0.0690. The van der Waals surface area contributed by atoms with Crippen molar-refractivity contribution in [2.24, 2.45) is 0 Å². The van der Waals surface area contributed by atoms with Crippen LogP contribution in [0.15, 0.2) is 104 Å². The zero-order valence-electron chi connectivity index (χ0n) is 17.6. The number of carbonyl (C=O) groups excluding carboxylic acids is 1. The van der Waals surface area contributed by atoms with Crippen LogP contribution in [0.5, 0.6) is 0 Å². The first-order chi connectivity index (χ1) is 15.8. The SMILES string of the molecule is C=CCN1C(=O)c2ccccc2C1c1c(-c2ccc3ccccc3c2)[nH]c2ccccc12. The summed E-state index contributed by atoms with van der Waals surface area (Å²) in [5, 5.41) is 3.54. The predicted molar refractivity (Wildman–Crippen MR) is 131 cm³/mol. The lowest BCUT2D eigenvalue weighted by Crippen LogP contribution is -2.29. The van der Waals surface area contributed by atoms with Gasteiger partial charge in [-0.3, -0.25) is 4.79 Å². The molecule has 1 aliphatic heterocycles. The zero-order chi connectivity index (χ0) is 21.7. The van der Waals surface area contributed by atoms with E-state index in [1.165, 1.54) is 10.8 Å². The van der Waals surface area contributed by atoms with Gasteiger partial charge in [0.25, 0.3) is 5.91 Å². The molecule has 5 aromatic rings. The number of carbonyl (C=O) groups is 1. The van der Waals surface area contributed by atoms with Gasteiger partial charge in [0.2, 0.25) is 0 Å². The van der Waals surface area contributed by atoms with E-state index in [0.29, 0.717) is 6.54 Å². The van der Waals surface area contributed by atoms with Gasteiger partial charge in [-0.1, -0.05) is 78.9 Å². The van der Waals surface area contributed by atoms with Crippen LogP contribution in [0, 0.1) is 0 Å². The van der Waals surface area contributed by atoms with Crippen molar-refractivity contribution in [1.82, 2.24) is 9.88 Å². The van der Waals surface area contributed by atoms with Crippen molar-refractivity contribution in [3.8, 4) is 11.3 Å². The maximum Gasteiger partial charge on any atom is 0.255 e. The number of para-hydroxylation sites is 1. The average Bonchev–Trinajstić information content (AvgIpc) is 3.35. The molecule has 1 amide bonds. The van der Waals surface area contributed by atoms with Gasteiger partial charge in [-0.15, -0.1) is 6.58 Å². The van der Waals surface area contributed by atoms with E-state index in [4.69, 9.17) is 0 Å². The molecule has 6 rings (SSSR count). The van der Waals surface area contributed by atoms with Crippen LogP contribution in [0.3, 0.4) is 0 Å². The molecule has 1 unspecified atom stereocenters. The number of hydrogen-bond acceptors (Lipinski definition) is 1. The van der Waals surface area contributed by atoms with Gasteiger partial charge in [0, 0.05) is 28.6 Å². The van der Waals surface area contributed by atoms with Crippen LogP contribution in [0.4, 0.5) is 0 Å². The van der Waals surface area contributed by atoms with Crippen molar-refractivity contribution in [3.05, 3.63) is 120 Å². The maximum absolute atomic E-state index is 13.3. The zero-order valence-corrected chi connectivity index (χ0v) is 17.6. The van der Waals surface area contributed by atoms with Crippen LogP contribution in [0.25, 0.3) is 32.9 Å². The Morgan fingerprint density at radius 2 is 1.62 bits per heavy atom. The summed E-state index contributed by atoms with van der Waals surface area (Å²) in [6, 6.07) is 31.1. The van der Waals surface area contributed by atoms with Gasteiger partial charge in [-0.2, -0.15) is 0 Å². The van der Waals surface area contributed by atoms with E-state index in [9.17, 15) is 4.79 Å². The molecule has 0 fully saturated rings. The molecular formula is C29H22N2O. The molecule has 3 nitrogen and oxygen atoms in total. The summed E-state index contributed by atoms with van der Waals surface area (Å²) < 4.78 is 0. The number of benzene rings is 4. The van der Waals surface area contributed by atoms with E-state index in [1.54, 1.807) is 6.08 Å². The van der Waals surface area contributed by atoms with Crippen LogP contribution in [-0.4, -0.2) is 22.3 Å². The van der Waals surface area contributed by atoms with Crippen LogP contribution in [0.2, 0.25) is 0 Å². The molecule has 0 saturated carbocycles. The second-order valence-electron chi connectivity index (χ2n) is 8.26. The van der Waals surface area contributed by atoms with Gasteiger partial charge in [-0.05, 0) is 40.1 Å². The third-order valence-electron chi connectivity index (χ3n) is 6.44. The minimum absolute atomic E-state index is 0.0558. The van der Waals surface area contributed by atoms with E-state index in [2.05, 4.69) is 78.3 Å². The molecule has 0 aliphatic carbocycles. The van der Waals surface area contributed by atoms with Gasteiger partial charge >= 0.3 is 0 Å². The monoisotopic (exact) mass is 414 g/mol. The van der Waals surface area contributed by atoms with E-state index in [-0.39, 0.29) is 11.9 Å².